The summed E-state index contributed by atoms with van der Waals surface area (Å²) in [5.74, 6) is 0.520. The van der Waals surface area contributed by atoms with Crippen molar-refractivity contribution in [2.75, 3.05) is 9.80 Å². The van der Waals surface area contributed by atoms with Crippen LogP contribution in [0.3, 0.4) is 0 Å². The van der Waals surface area contributed by atoms with E-state index in [1.807, 2.05) is 0 Å². The molecule has 2 aliphatic rings. The number of benzene rings is 10. The van der Waals surface area contributed by atoms with Gasteiger partial charge >= 0.3 is 0 Å². The van der Waals surface area contributed by atoms with Crippen molar-refractivity contribution < 1.29 is 0 Å². The first-order valence-corrected chi connectivity index (χ1v) is 25.3. The molecule has 1 atom stereocenters. The second-order valence-corrected chi connectivity index (χ2v) is 19.8. The van der Waals surface area contributed by atoms with Gasteiger partial charge in [0.2, 0.25) is 0 Å². The van der Waals surface area contributed by atoms with Crippen LogP contribution in [0.5, 0.6) is 0 Å². The molecule has 10 aromatic carbocycles. The summed E-state index contributed by atoms with van der Waals surface area (Å²) >= 11 is 0. The van der Waals surface area contributed by atoms with Crippen LogP contribution in [0.15, 0.2) is 273 Å². The second kappa shape index (κ2) is 18.9. The molecule has 0 bridgehead atoms. The molecule has 0 aromatic heterocycles. The maximum absolute atomic E-state index is 2.45. The third-order valence-corrected chi connectivity index (χ3v) is 14.9. The molecule has 2 nitrogen and oxygen atoms in total. The first-order valence-electron chi connectivity index (χ1n) is 25.3. The predicted octanol–water partition coefficient (Wildman–Crippen LogP) is 19.6. The molecule has 1 unspecified atom stereocenters. The van der Waals surface area contributed by atoms with Gasteiger partial charge in [-0.15, -0.1) is 0 Å². The lowest BCUT2D eigenvalue weighted by Crippen LogP contribution is -2.22. The van der Waals surface area contributed by atoms with Gasteiger partial charge in [-0.1, -0.05) is 209 Å². The molecule has 0 heterocycles. The minimum atomic E-state index is -0.0558. The van der Waals surface area contributed by atoms with Gasteiger partial charge in [0.05, 0.1) is 0 Å². The quantitative estimate of drug-likeness (QED) is 0.128. The molecule has 0 radical (unpaired) electrons. The smallest absolute Gasteiger partial charge is 0.0473 e. The Labute approximate surface area is 425 Å². The number of allylic oxidation sites excluding steroid dienone is 4. The van der Waals surface area contributed by atoms with Crippen molar-refractivity contribution in [3.05, 3.63) is 284 Å². The number of nitrogens with zero attached hydrogens (tertiary/aromatic N) is 2. The Hall–Kier alpha value is -8.72. The van der Waals surface area contributed by atoms with Crippen LogP contribution in [-0.4, -0.2) is 0 Å². The predicted molar refractivity (Wildman–Crippen MR) is 306 cm³/mol. The van der Waals surface area contributed by atoms with Crippen LogP contribution in [0.2, 0.25) is 0 Å². The van der Waals surface area contributed by atoms with Crippen molar-refractivity contribution in [2.24, 2.45) is 5.92 Å². The average Bonchev–Trinajstić information content (AvgIpc) is 3.68. The van der Waals surface area contributed by atoms with E-state index in [1.54, 1.807) is 5.57 Å². The Kier molecular flexibility index (Phi) is 11.7. The first kappa shape index (κ1) is 44.5. The van der Waals surface area contributed by atoms with Crippen molar-refractivity contribution in [3.8, 4) is 55.6 Å². The van der Waals surface area contributed by atoms with Crippen LogP contribution in [0.25, 0.3) is 61.2 Å². The van der Waals surface area contributed by atoms with E-state index in [1.165, 1.54) is 61.2 Å². The molecule has 72 heavy (non-hydrogen) atoms. The number of hydrogen-bond donors (Lipinski definition) is 0. The zero-order valence-electron chi connectivity index (χ0n) is 41.1. The number of rotatable bonds is 11. The third kappa shape index (κ3) is 8.46. The standard InChI is InChI=1S/C70H56N2/c1-49-17-16-26-67-66-44-43-64(48-68(66)70(2,3)69(49)67)71(60-35-27-54(28-36-60)50-18-8-4-9-19-50)61-37-31-56(32-38-61)57-33-41-63(42-34-57)72(62-39-29-55(30-40-62)51-20-10-5-11-21-51)65-46-58(52-22-12-6-13-23-52)45-59(47-65)53-24-14-7-15-25-53/h4-16,18-49H,17H2,1-3H3. The van der Waals surface area contributed by atoms with E-state index in [9.17, 15) is 0 Å². The SMILES string of the molecule is CC1CC=CC2=C1C(C)(C)c1cc(N(c3ccc(-c4ccccc4)cc3)c3ccc(-c4ccc(N(c5ccc(-c6ccccc6)cc5)c5cc(-c6ccccc6)cc(-c6ccccc6)c5)cc4)cc3)ccc12. The van der Waals surface area contributed by atoms with Crippen LogP contribution in [0.1, 0.15) is 38.3 Å². The fourth-order valence-corrected chi connectivity index (χ4v) is 11.3. The summed E-state index contributed by atoms with van der Waals surface area (Å²) in [6.45, 7) is 7.21. The molecule has 12 rings (SSSR count). The molecule has 0 aliphatic heterocycles. The zero-order chi connectivity index (χ0) is 48.6. The molecule has 346 valence electrons. The summed E-state index contributed by atoms with van der Waals surface area (Å²) in [7, 11) is 0. The van der Waals surface area contributed by atoms with Gasteiger partial charge in [-0.2, -0.15) is 0 Å². The maximum Gasteiger partial charge on any atom is 0.0473 e. The number of anilines is 6. The lowest BCUT2D eigenvalue weighted by molar-refractivity contribution is 0.530. The molecule has 2 aliphatic carbocycles. The Bertz CT molecular complexity index is 3520. The summed E-state index contributed by atoms with van der Waals surface area (Å²) in [6.07, 6.45) is 5.81. The molecule has 10 aromatic rings. The summed E-state index contributed by atoms with van der Waals surface area (Å²) in [5.41, 5.74) is 24.2. The fraction of sp³-hybridized carbons (Fsp3) is 0.0857. The molecular weight excluding hydrogens is 869 g/mol. The van der Waals surface area contributed by atoms with E-state index < -0.39 is 0 Å². The van der Waals surface area contributed by atoms with Crippen LogP contribution >= 0.6 is 0 Å². The summed E-state index contributed by atoms with van der Waals surface area (Å²) in [4.78, 5) is 4.81. The molecule has 0 N–H and O–H groups in total. The van der Waals surface area contributed by atoms with E-state index in [2.05, 4.69) is 298 Å². The van der Waals surface area contributed by atoms with E-state index in [0.29, 0.717) is 5.92 Å². The van der Waals surface area contributed by atoms with Crippen LogP contribution in [0, 0.1) is 5.92 Å². The van der Waals surface area contributed by atoms with Gasteiger partial charge in [0.15, 0.2) is 0 Å². The monoisotopic (exact) mass is 924 g/mol. The number of hydrogen-bond acceptors (Lipinski definition) is 2. The highest BCUT2D eigenvalue weighted by Gasteiger charge is 2.40. The van der Waals surface area contributed by atoms with Crippen molar-refractivity contribution in [1.29, 1.82) is 0 Å². The Balaban J connectivity index is 0.915. The van der Waals surface area contributed by atoms with Gasteiger partial charge in [0.25, 0.3) is 0 Å². The summed E-state index contributed by atoms with van der Waals surface area (Å²) in [5, 5.41) is 0. The van der Waals surface area contributed by atoms with Gasteiger partial charge in [-0.3, -0.25) is 0 Å². The Morgan fingerprint density at radius 1 is 0.333 bits per heavy atom. The van der Waals surface area contributed by atoms with Crippen molar-refractivity contribution in [3.63, 3.8) is 0 Å². The largest absolute Gasteiger partial charge is 0.310 e. The van der Waals surface area contributed by atoms with Gasteiger partial charge in [0.1, 0.15) is 0 Å². The summed E-state index contributed by atoms with van der Waals surface area (Å²) < 4.78 is 0. The molecule has 0 fully saturated rings. The van der Waals surface area contributed by atoms with Crippen LogP contribution in [0.4, 0.5) is 34.1 Å². The van der Waals surface area contributed by atoms with Gasteiger partial charge < -0.3 is 9.80 Å². The number of fused-ring (bicyclic) bond motifs is 2. The fourth-order valence-electron chi connectivity index (χ4n) is 11.3. The third-order valence-electron chi connectivity index (χ3n) is 14.9. The zero-order valence-corrected chi connectivity index (χ0v) is 41.1. The van der Waals surface area contributed by atoms with E-state index in [-0.39, 0.29) is 5.41 Å². The van der Waals surface area contributed by atoms with Gasteiger partial charge in [-0.05, 0) is 169 Å². The van der Waals surface area contributed by atoms with E-state index >= 15 is 0 Å². The van der Waals surface area contributed by atoms with Gasteiger partial charge in [-0.25, -0.2) is 0 Å². The summed E-state index contributed by atoms with van der Waals surface area (Å²) in [6, 6.07) is 92.9. The van der Waals surface area contributed by atoms with Crippen LogP contribution in [-0.2, 0) is 5.41 Å². The second-order valence-electron chi connectivity index (χ2n) is 19.8. The first-order chi connectivity index (χ1) is 35.4. The topological polar surface area (TPSA) is 6.48 Å². The molecule has 0 saturated heterocycles. The highest BCUT2D eigenvalue weighted by molar-refractivity contribution is 5.91. The Morgan fingerprint density at radius 3 is 1.06 bits per heavy atom. The lowest BCUT2D eigenvalue weighted by atomic mass is 9.74. The molecule has 2 heteroatoms. The maximum atomic E-state index is 2.45. The highest BCUT2D eigenvalue weighted by atomic mass is 15.1. The minimum absolute atomic E-state index is 0.0558. The van der Waals surface area contributed by atoms with Gasteiger partial charge in [0, 0.05) is 39.5 Å². The molecular formula is C70H56N2. The molecule has 0 spiro atoms. The highest BCUT2D eigenvalue weighted by Crippen LogP contribution is 2.53. The molecule has 0 saturated carbocycles. The normalized spacial score (nSPS) is 14.4. The average molecular weight is 925 g/mol. The molecule has 0 amide bonds. The van der Waals surface area contributed by atoms with Crippen LogP contribution < -0.4 is 9.80 Å². The van der Waals surface area contributed by atoms with Crippen molar-refractivity contribution >= 4 is 39.7 Å². The van der Waals surface area contributed by atoms with Crippen molar-refractivity contribution in [1.82, 2.24) is 0 Å². The van der Waals surface area contributed by atoms with E-state index in [0.717, 1.165) is 51.7 Å². The van der Waals surface area contributed by atoms with Crippen molar-refractivity contribution in [2.45, 2.75) is 32.6 Å². The Morgan fingerprint density at radius 2 is 0.667 bits per heavy atom. The lowest BCUT2D eigenvalue weighted by Gasteiger charge is -2.31. The minimum Gasteiger partial charge on any atom is -0.310 e. The van der Waals surface area contributed by atoms with E-state index in [4.69, 9.17) is 0 Å².